The van der Waals surface area contributed by atoms with Crippen molar-refractivity contribution in [2.24, 2.45) is 0 Å². The molecule has 0 saturated carbocycles. The van der Waals surface area contributed by atoms with Gasteiger partial charge in [-0.1, -0.05) is 189 Å². The Balaban J connectivity index is 0.000000211. The molecular formula is C52H57N. The molecule has 0 N–H and O–H groups in total. The Morgan fingerprint density at radius 1 is 0.660 bits per heavy atom. The van der Waals surface area contributed by atoms with Gasteiger partial charge in [-0.25, -0.2) is 0 Å². The van der Waals surface area contributed by atoms with Crippen LogP contribution in [0.2, 0.25) is 0 Å². The molecule has 0 aromatic heterocycles. The van der Waals surface area contributed by atoms with E-state index in [0.717, 1.165) is 18.9 Å². The summed E-state index contributed by atoms with van der Waals surface area (Å²) in [7, 11) is 0. The summed E-state index contributed by atoms with van der Waals surface area (Å²) in [6.45, 7) is 14.4. The zero-order chi connectivity index (χ0) is 37.4. The number of allylic oxidation sites excluding steroid dienone is 8. The molecule has 7 rings (SSSR count). The fourth-order valence-electron chi connectivity index (χ4n) is 6.70. The third-order valence-electron chi connectivity index (χ3n) is 9.97. The Morgan fingerprint density at radius 3 is 1.75 bits per heavy atom. The summed E-state index contributed by atoms with van der Waals surface area (Å²) in [6.07, 6.45) is 21.1. The molecule has 0 amide bonds. The van der Waals surface area contributed by atoms with Gasteiger partial charge in [0.05, 0.1) is 0 Å². The molecule has 53 heavy (non-hydrogen) atoms. The van der Waals surface area contributed by atoms with E-state index in [9.17, 15) is 0 Å². The zero-order valence-corrected chi connectivity index (χ0v) is 32.7. The SMILES string of the molecule is C/C=C(\C=C/CC)C(C)N1CC1CC.Cc1cccc(-c2cccc(-c3cccc(-c4ccc(C5=CC=CCC=C5)cc4)c3)c2)c1.Cc1ccccc1. The molecule has 2 aliphatic rings. The smallest absolute Gasteiger partial charge is 0.0320 e. The van der Waals surface area contributed by atoms with E-state index in [-0.39, 0.29) is 0 Å². The molecule has 0 bridgehead atoms. The van der Waals surface area contributed by atoms with E-state index in [1.54, 1.807) is 0 Å². The second-order valence-corrected chi connectivity index (χ2v) is 14.0. The van der Waals surface area contributed by atoms with E-state index >= 15 is 0 Å². The van der Waals surface area contributed by atoms with Crippen LogP contribution in [0, 0.1) is 13.8 Å². The van der Waals surface area contributed by atoms with Crippen LogP contribution < -0.4 is 0 Å². The molecule has 1 heteroatoms. The van der Waals surface area contributed by atoms with E-state index in [1.165, 1.54) is 74.2 Å². The van der Waals surface area contributed by atoms with Crippen LogP contribution in [-0.4, -0.2) is 23.5 Å². The van der Waals surface area contributed by atoms with E-state index in [0.29, 0.717) is 6.04 Å². The summed E-state index contributed by atoms with van der Waals surface area (Å²) in [4.78, 5) is 2.56. The molecular weight excluding hydrogens is 639 g/mol. The second-order valence-electron chi connectivity index (χ2n) is 14.0. The highest BCUT2D eigenvalue weighted by Crippen LogP contribution is 2.31. The van der Waals surface area contributed by atoms with E-state index < -0.39 is 0 Å². The summed E-state index contributed by atoms with van der Waals surface area (Å²) in [5.74, 6) is 0. The van der Waals surface area contributed by atoms with Crippen molar-refractivity contribution in [3.8, 4) is 33.4 Å². The van der Waals surface area contributed by atoms with Gasteiger partial charge in [0.2, 0.25) is 0 Å². The first-order chi connectivity index (χ1) is 25.9. The lowest BCUT2D eigenvalue weighted by molar-refractivity contribution is 0.439. The Hall–Kier alpha value is -5.24. The number of benzene rings is 5. The van der Waals surface area contributed by atoms with Crippen molar-refractivity contribution in [3.63, 3.8) is 0 Å². The highest BCUT2D eigenvalue weighted by molar-refractivity contribution is 5.80. The van der Waals surface area contributed by atoms with Gasteiger partial charge in [-0.2, -0.15) is 0 Å². The van der Waals surface area contributed by atoms with Crippen molar-refractivity contribution >= 4 is 5.57 Å². The minimum atomic E-state index is 0.604. The molecule has 1 aliphatic heterocycles. The number of hydrogen-bond donors (Lipinski definition) is 0. The predicted molar refractivity (Wildman–Crippen MR) is 233 cm³/mol. The quantitative estimate of drug-likeness (QED) is 0.110. The van der Waals surface area contributed by atoms with Crippen molar-refractivity contribution in [3.05, 3.63) is 198 Å². The predicted octanol–water partition coefficient (Wildman–Crippen LogP) is 14.3. The molecule has 1 nitrogen and oxygen atoms in total. The summed E-state index contributed by atoms with van der Waals surface area (Å²) >= 11 is 0. The van der Waals surface area contributed by atoms with E-state index in [2.05, 4.69) is 204 Å². The van der Waals surface area contributed by atoms with Crippen molar-refractivity contribution in [1.82, 2.24) is 4.90 Å². The Kier molecular flexibility index (Phi) is 14.8. The second kappa shape index (κ2) is 20.1. The average molecular weight is 696 g/mol. The van der Waals surface area contributed by atoms with Gasteiger partial charge in [-0.3, -0.25) is 4.90 Å². The number of aryl methyl sites for hydroxylation is 2. The monoisotopic (exact) mass is 695 g/mol. The van der Waals surface area contributed by atoms with Crippen molar-refractivity contribution in [2.75, 3.05) is 6.54 Å². The first kappa shape index (κ1) is 39.0. The fraction of sp³-hybridized carbons (Fsp3) is 0.231. The largest absolute Gasteiger partial charge is 0.291 e. The van der Waals surface area contributed by atoms with Crippen LogP contribution in [0.5, 0.6) is 0 Å². The summed E-state index contributed by atoms with van der Waals surface area (Å²) < 4.78 is 0. The maximum atomic E-state index is 2.56. The average Bonchev–Trinajstić information content (AvgIpc) is 4.04. The Morgan fingerprint density at radius 2 is 1.23 bits per heavy atom. The van der Waals surface area contributed by atoms with Crippen LogP contribution >= 0.6 is 0 Å². The first-order valence-corrected chi connectivity index (χ1v) is 19.4. The maximum absolute atomic E-state index is 2.56. The molecule has 270 valence electrons. The minimum absolute atomic E-state index is 0.604. The summed E-state index contributed by atoms with van der Waals surface area (Å²) in [5.41, 5.74) is 14.0. The van der Waals surface area contributed by atoms with Crippen LogP contribution in [0.4, 0.5) is 0 Å². The van der Waals surface area contributed by atoms with E-state index in [4.69, 9.17) is 0 Å². The topological polar surface area (TPSA) is 3.01 Å². The van der Waals surface area contributed by atoms with Gasteiger partial charge in [0.1, 0.15) is 0 Å². The molecule has 1 aliphatic carbocycles. The lowest BCUT2D eigenvalue weighted by Crippen LogP contribution is -2.18. The van der Waals surface area contributed by atoms with Crippen LogP contribution in [-0.2, 0) is 0 Å². The van der Waals surface area contributed by atoms with Gasteiger partial charge >= 0.3 is 0 Å². The highest BCUT2D eigenvalue weighted by atomic mass is 15.3. The molecule has 3 unspecified atom stereocenters. The third kappa shape index (κ3) is 11.6. The summed E-state index contributed by atoms with van der Waals surface area (Å²) in [5, 5.41) is 0. The summed E-state index contributed by atoms with van der Waals surface area (Å²) in [6, 6.07) is 46.9. The first-order valence-electron chi connectivity index (χ1n) is 19.4. The molecule has 3 atom stereocenters. The zero-order valence-electron chi connectivity index (χ0n) is 32.7. The lowest BCUT2D eigenvalue weighted by atomic mass is 9.95. The lowest BCUT2D eigenvalue weighted by Gasteiger charge is -2.15. The van der Waals surface area contributed by atoms with Crippen LogP contribution in [0.15, 0.2) is 182 Å². The number of nitrogens with zero attached hydrogens (tertiary/aromatic N) is 1. The normalized spacial score (nSPS) is 16.8. The molecule has 1 saturated heterocycles. The molecule has 0 radical (unpaired) electrons. The van der Waals surface area contributed by atoms with Crippen LogP contribution in [0.25, 0.3) is 39.0 Å². The fourth-order valence-corrected chi connectivity index (χ4v) is 6.70. The Bertz CT molecular complexity index is 2040. The molecule has 5 aromatic rings. The van der Waals surface area contributed by atoms with Gasteiger partial charge < -0.3 is 0 Å². The minimum Gasteiger partial charge on any atom is -0.291 e. The molecule has 0 spiro atoms. The third-order valence-corrected chi connectivity index (χ3v) is 9.97. The molecule has 5 aromatic carbocycles. The molecule has 1 fully saturated rings. The van der Waals surface area contributed by atoms with Gasteiger partial charge in [-0.05, 0) is 109 Å². The van der Waals surface area contributed by atoms with Crippen molar-refractivity contribution in [1.29, 1.82) is 0 Å². The highest BCUT2D eigenvalue weighted by Gasteiger charge is 2.36. The Labute approximate surface area is 320 Å². The van der Waals surface area contributed by atoms with Gasteiger partial charge in [0.25, 0.3) is 0 Å². The van der Waals surface area contributed by atoms with E-state index in [1.807, 2.05) is 18.2 Å². The van der Waals surface area contributed by atoms with Crippen LogP contribution in [0.3, 0.4) is 0 Å². The van der Waals surface area contributed by atoms with Crippen LogP contribution in [0.1, 0.15) is 63.6 Å². The van der Waals surface area contributed by atoms with Crippen molar-refractivity contribution in [2.45, 2.75) is 72.9 Å². The number of rotatable bonds is 9. The standard InChI is InChI=1S/C32H26.C13H23N.C7H8/c1-24-9-6-12-28(21-24)30-14-8-16-32(23-30)31-15-7-13-29(22-31)27-19-17-26(18-20-27)25-10-4-2-3-5-11-25;1-5-8-9-12(6-2)11(4)14-10-13(14)7-3;1-7-5-3-2-4-6-7/h2,4-23H,3H2,1H3;6,8-9,11,13H,5,7,10H2,1-4H3;2-6H,1H3/b;9-8-,12-6+;. The molecule has 1 heterocycles. The van der Waals surface area contributed by atoms with Gasteiger partial charge in [0, 0.05) is 18.6 Å². The van der Waals surface area contributed by atoms with Gasteiger partial charge in [0.15, 0.2) is 0 Å². The maximum Gasteiger partial charge on any atom is 0.0320 e. The number of hydrogen-bond acceptors (Lipinski definition) is 1. The van der Waals surface area contributed by atoms with Crippen molar-refractivity contribution < 1.29 is 0 Å². The van der Waals surface area contributed by atoms with Gasteiger partial charge in [-0.15, -0.1) is 0 Å².